The Labute approximate surface area is 127 Å². The Kier molecular flexibility index (Phi) is 4.93. The molecule has 0 radical (unpaired) electrons. The summed E-state index contributed by atoms with van der Waals surface area (Å²) in [6.07, 6.45) is 3.64. The van der Waals surface area contributed by atoms with Gasteiger partial charge in [-0.25, -0.2) is 0 Å². The quantitative estimate of drug-likeness (QED) is 0.657. The Hall–Kier alpha value is -1.92. The zero-order chi connectivity index (χ0) is 15.4. The fourth-order valence-corrected chi connectivity index (χ4v) is 2.38. The molecule has 1 atom stereocenters. The van der Waals surface area contributed by atoms with Gasteiger partial charge in [0.15, 0.2) is 0 Å². The average Bonchev–Trinajstić information content (AvgIpc) is 2.90. The third-order valence-corrected chi connectivity index (χ3v) is 3.63. The van der Waals surface area contributed by atoms with Crippen LogP contribution >= 0.6 is 11.6 Å². The summed E-state index contributed by atoms with van der Waals surface area (Å²) in [5, 5.41) is 19.0. The number of nitrogens with one attached hydrogen (secondary N) is 1. The molecule has 0 aliphatic heterocycles. The Morgan fingerprint density at radius 1 is 1.52 bits per heavy atom. The Balaban J connectivity index is 2.25. The van der Waals surface area contributed by atoms with E-state index in [9.17, 15) is 10.1 Å². The lowest BCUT2D eigenvalue weighted by molar-refractivity contribution is -0.385. The van der Waals surface area contributed by atoms with E-state index in [1.54, 1.807) is 23.0 Å². The first kappa shape index (κ1) is 15.5. The van der Waals surface area contributed by atoms with Crippen molar-refractivity contribution < 1.29 is 4.92 Å². The van der Waals surface area contributed by atoms with Crippen LogP contribution < -0.4 is 5.32 Å². The molecule has 1 aromatic heterocycles. The summed E-state index contributed by atoms with van der Waals surface area (Å²) in [6, 6.07) is 4.86. The highest BCUT2D eigenvalue weighted by molar-refractivity contribution is 6.31. The molecule has 7 heteroatoms. The van der Waals surface area contributed by atoms with Gasteiger partial charge in [-0.2, -0.15) is 5.10 Å². The highest BCUT2D eigenvalue weighted by Gasteiger charge is 2.17. The van der Waals surface area contributed by atoms with Crippen LogP contribution in [0.1, 0.15) is 31.0 Å². The molecule has 1 unspecified atom stereocenters. The van der Waals surface area contributed by atoms with Gasteiger partial charge in [-0.15, -0.1) is 0 Å². The molecule has 1 N–H and O–H groups in total. The van der Waals surface area contributed by atoms with E-state index in [4.69, 9.17) is 11.6 Å². The minimum Gasteiger partial charge on any atom is -0.310 e. The molecule has 0 spiro atoms. The zero-order valence-corrected chi connectivity index (χ0v) is 12.7. The van der Waals surface area contributed by atoms with E-state index in [2.05, 4.69) is 10.4 Å². The van der Waals surface area contributed by atoms with Crippen molar-refractivity contribution >= 4 is 17.3 Å². The Bertz CT molecular complexity index is 642. The molecule has 2 aromatic rings. The summed E-state index contributed by atoms with van der Waals surface area (Å²) in [5.41, 5.74) is 1.51. The predicted molar refractivity (Wildman–Crippen MR) is 81.5 cm³/mol. The highest BCUT2D eigenvalue weighted by atomic mass is 35.5. The van der Waals surface area contributed by atoms with E-state index in [-0.39, 0.29) is 18.3 Å². The second-order valence-electron chi connectivity index (χ2n) is 4.75. The minimum absolute atomic E-state index is 0.0132. The van der Waals surface area contributed by atoms with Crippen molar-refractivity contribution in [2.45, 2.75) is 26.4 Å². The second kappa shape index (κ2) is 6.69. The normalized spacial score (nSPS) is 12.3. The molecule has 21 heavy (non-hydrogen) atoms. The maximum atomic E-state index is 11.1. The summed E-state index contributed by atoms with van der Waals surface area (Å²) in [6.45, 7) is 5.22. The van der Waals surface area contributed by atoms with Gasteiger partial charge in [0.05, 0.1) is 28.3 Å². The number of rotatable bonds is 6. The molecule has 0 amide bonds. The van der Waals surface area contributed by atoms with Gasteiger partial charge in [-0.3, -0.25) is 14.8 Å². The van der Waals surface area contributed by atoms with E-state index in [0.717, 1.165) is 12.1 Å². The lowest BCUT2D eigenvalue weighted by atomic mass is 10.1. The minimum atomic E-state index is -0.424. The van der Waals surface area contributed by atoms with Gasteiger partial charge < -0.3 is 5.32 Å². The summed E-state index contributed by atoms with van der Waals surface area (Å²) in [4.78, 5) is 10.6. The van der Waals surface area contributed by atoms with Crippen LogP contribution in [0.25, 0.3) is 0 Å². The highest BCUT2D eigenvalue weighted by Crippen LogP contribution is 2.27. The number of hydrogen-bond donors (Lipinski definition) is 1. The number of benzene rings is 1. The van der Waals surface area contributed by atoms with Gasteiger partial charge in [0.1, 0.15) is 0 Å². The van der Waals surface area contributed by atoms with Crippen molar-refractivity contribution in [1.29, 1.82) is 0 Å². The first-order valence-electron chi connectivity index (χ1n) is 6.70. The third-order valence-electron chi connectivity index (χ3n) is 3.27. The van der Waals surface area contributed by atoms with Gasteiger partial charge in [-0.05, 0) is 19.5 Å². The smallest absolute Gasteiger partial charge is 0.275 e. The van der Waals surface area contributed by atoms with E-state index in [1.165, 1.54) is 6.07 Å². The molecule has 2 rings (SSSR count). The molecular weight excluding hydrogens is 292 g/mol. The number of nitro groups is 1. The van der Waals surface area contributed by atoms with Crippen molar-refractivity contribution in [2.24, 2.45) is 0 Å². The van der Waals surface area contributed by atoms with Gasteiger partial charge in [0.2, 0.25) is 0 Å². The summed E-state index contributed by atoms with van der Waals surface area (Å²) in [7, 11) is 0. The molecule has 1 heterocycles. The van der Waals surface area contributed by atoms with E-state index in [0.29, 0.717) is 10.6 Å². The first-order valence-corrected chi connectivity index (χ1v) is 7.08. The van der Waals surface area contributed by atoms with Gasteiger partial charge in [0, 0.05) is 23.9 Å². The van der Waals surface area contributed by atoms with Crippen LogP contribution in [-0.4, -0.2) is 21.2 Å². The van der Waals surface area contributed by atoms with E-state index >= 15 is 0 Å². The van der Waals surface area contributed by atoms with Gasteiger partial charge >= 0.3 is 0 Å². The monoisotopic (exact) mass is 308 g/mol. The standard InChI is InChI=1S/C14H17ClN4O2/c1-3-16-10(2)11-7-17-18(8-11)9-12-13(15)5-4-6-14(12)19(20)21/h4-8,10,16H,3,9H2,1-2H3. The summed E-state index contributed by atoms with van der Waals surface area (Å²) >= 11 is 6.08. The fourth-order valence-electron chi connectivity index (χ4n) is 2.15. The van der Waals surface area contributed by atoms with E-state index < -0.39 is 4.92 Å². The van der Waals surface area contributed by atoms with Crippen molar-refractivity contribution in [1.82, 2.24) is 15.1 Å². The lowest BCUT2D eigenvalue weighted by Crippen LogP contribution is -2.17. The molecular formula is C14H17ClN4O2. The topological polar surface area (TPSA) is 73.0 Å². The third kappa shape index (κ3) is 3.59. The van der Waals surface area contributed by atoms with Crippen LogP contribution in [0.3, 0.4) is 0 Å². The first-order chi connectivity index (χ1) is 10.0. The number of nitro benzene ring substituents is 1. The maximum Gasteiger partial charge on any atom is 0.275 e. The molecule has 0 aliphatic carbocycles. The largest absolute Gasteiger partial charge is 0.310 e. The van der Waals surface area contributed by atoms with Crippen LogP contribution in [0.2, 0.25) is 5.02 Å². The predicted octanol–water partition coefficient (Wildman–Crippen LogP) is 3.16. The molecule has 0 fully saturated rings. The molecule has 6 nitrogen and oxygen atoms in total. The molecule has 0 saturated carbocycles. The number of aromatic nitrogens is 2. The molecule has 112 valence electrons. The van der Waals surface area contributed by atoms with Crippen molar-refractivity contribution in [3.05, 3.63) is 56.9 Å². The Morgan fingerprint density at radius 3 is 2.95 bits per heavy atom. The van der Waals surface area contributed by atoms with E-state index in [1.807, 2.05) is 20.0 Å². The SMILES string of the molecule is CCNC(C)c1cnn(Cc2c(Cl)cccc2[N+](=O)[O-])c1. The number of nitrogens with zero attached hydrogens (tertiary/aromatic N) is 3. The van der Waals surface area contributed by atoms with Crippen LogP contribution in [0, 0.1) is 10.1 Å². The average molecular weight is 309 g/mol. The van der Waals surface area contributed by atoms with Crippen LogP contribution in [0.4, 0.5) is 5.69 Å². The van der Waals surface area contributed by atoms with Crippen LogP contribution in [0.5, 0.6) is 0 Å². The Morgan fingerprint density at radius 2 is 2.29 bits per heavy atom. The summed E-state index contributed by atoms with van der Waals surface area (Å²) in [5.74, 6) is 0. The zero-order valence-electron chi connectivity index (χ0n) is 11.9. The molecule has 1 aromatic carbocycles. The van der Waals surface area contributed by atoms with Crippen molar-refractivity contribution in [3.8, 4) is 0 Å². The molecule has 0 bridgehead atoms. The second-order valence-corrected chi connectivity index (χ2v) is 5.15. The molecule has 0 saturated heterocycles. The van der Waals surface area contributed by atoms with Crippen LogP contribution in [-0.2, 0) is 6.54 Å². The molecule has 0 aliphatic rings. The fraction of sp³-hybridized carbons (Fsp3) is 0.357. The number of hydrogen-bond acceptors (Lipinski definition) is 4. The number of halogens is 1. The van der Waals surface area contributed by atoms with Crippen molar-refractivity contribution in [3.63, 3.8) is 0 Å². The maximum absolute atomic E-state index is 11.1. The summed E-state index contributed by atoms with van der Waals surface area (Å²) < 4.78 is 1.66. The van der Waals surface area contributed by atoms with Gasteiger partial charge in [-0.1, -0.05) is 24.6 Å². The van der Waals surface area contributed by atoms with Crippen LogP contribution in [0.15, 0.2) is 30.6 Å². The van der Waals surface area contributed by atoms with Gasteiger partial charge in [0.25, 0.3) is 5.69 Å². The lowest BCUT2D eigenvalue weighted by Gasteiger charge is -2.09. The van der Waals surface area contributed by atoms with Crippen molar-refractivity contribution in [2.75, 3.05) is 6.54 Å².